The molecule has 0 saturated heterocycles. The average Bonchev–Trinajstić information content (AvgIpc) is 2.60. The maximum Gasteiger partial charge on any atom is 0.193 e. The van der Waals surface area contributed by atoms with Gasteiger partial charge in [0.2, 0.25) is 0 Å². The van der Waals surface area contributed by atoms with Gasteiger partial charge < -0.3 is 9.47 Å². The lowest BCUT2D eigenvalue weighted by atomic mass is 9.97. The van der Waals surface area contributed by atoms with Crippen molar-refractivity contribution in [2.75, 3.05) is 14.2 Å². The minimum Gasteiger partial charge on any atom is -0.497 e. The Labute approximate surface area is 129 Å². The van der Waals surface area contributed by atoms with Crippen LogP contribution in [0.25, 0.3) is 10.8 Å². The molecule has 0 aromatic heterocycles. The van der Waals surface area contributed by atoms with Crippen LogP contribution in [-0.4, -0.2) is 20.0 Å². The maximum atomic E-state index is 12.8. The molecule has 0 amide bonds. The van der Waals surface area contributed by atoms with Crippen molar-refractivity contribution in [2.45, 2.75) is 0 Å². The van der Waals surface area contributed by atoms with Gasteiger partial charge in [-0.05, 0) is 47.2 Å². The Balaban J connectivity index is 2.09. The van der Waals surface area contributed by atoms with Crippen LogP contribution in [0.5, 0.6) is 11.5 Å². The van der Waals surface area contributed by atoms with E-state index in [1.807, 2.05) is 36.4 Å². The lowest BCUT2D eigenvalue weighted by Gasteiger charge is -2.08. The fraction of sp³-hybridized carbons (Fsp3) is 0.105. The van der Waals surface area contributed by atoms with Gasteiger partial charge in [-0.25, -0.2) is 0 Å². The Morgan fingerprint density at radius 2 is 1.50 bits per heavy atom. The highest BCUT2D eigenvalue weighted by molar-refractivity contribution is 6.16. The summed E-state index contributed by atoms with van der Waals surface area (Å²) in [5, 5.41) is 1.91. The van der Waals surface area contributed by atoms with E-state index in [4.69, 9.17) is 9.47 Å². The summed E-state index contributed by atoms with van der Waals surface area (Å²) >= 11 is 0. The molecule has 3 aromatic carbocycles. The van der Waals surface area contributed by atoms with Gasteiger partial charge in [0.1, 0.15) is 11.5 Å². The summed E-state index contributed by atoms with van der Waals surface area (Å²) < 4.78 is 10.4. The number of ether oxygens (including phenoxy) is 2. The van der Waals surface area contributed by atoms with Gasteiger partial charge in [0, 0.05) is 11.1 Å². The van der Waals surface area contributed by atoms with Gasteiger partial charge in [-0.3, -0.25) is 4.79 Å². The molecule has 3 aromatic rings. The van der Waals surface area contributed by atoms with E-state index in [1.54, 1.807) is 38.5 Å². The van der Waals surface area contributed by atoms with Gasteiger partial charge >= 0.3 is 0 Å². The molecule has 22 heavy (non-hydrogen) atoms. The Bertz CT molecular complexity index is 820. The first-order chi connectivity index (χ1) is 10.7. The first-order valence-corrected chi connectivity index (χ1v) is 6.98. The molecule has 0 radical (unpaired) electrons. The van der Waals surface area contributed by atoms with Crippen LogP contribution in [0.2, 0.25) is 0 Å². The fourth-order valence-electron chi connectivity index (χ4n) is 2.47. The van der Waals surface area contributed by atoms with Gasteiger partial charge in [-0.15, -0.1) is 0 Å². The van der Waals surface area contributed by atoms with Crippen LogP contribution in [0.15, 0.2) is 60.7 Å². The number of methoxy groups -OCH3 is 2. The summed E-state index contributed by atoms with van der Waals surface area (Å²) in [7, 11) is 3.23. The number of rotatable bonds is 4. The lowest BCUT2D eigenvalue weighted by Crippen LogP contribution is -2.02. The molecule has 0 N–H and O–H groups in total. The number of hydrogen-bond donors (Lipinski definition) is 0. The highest BCUT2D eigenvalue weighted by Crippen LogP contribution is 2.26. The van der Waals surface area contributed by atoms with Crippen LogP contribution >= 0.6 is 0 Å². The van der Waals surface area contributed by atoms with Crippen molar-refractivity contribution in [3.8, 4) is 11.5 Å². The van der Waals surface area contributed by atoms with Crippen molar-refractivity contribution in [1.29, 1.82) is 0 Å². The summed E-state index contributed by atoms with van der Waals surface area (Å²) in [4.78, 5) is 12.8. The predicted octanol–water partition coefficient (Wildman–Crippen LogP) is 4.09. The second-order valence-corrected chi connectivity index (χ2v) is 4.95. The second kappa shape index (κ2) is 5.90. The minimum absolute atomic E-state index is 0.0125. The Morgan fingerprint density at radius 3 is 2.18 bits per heavy atom. The van der Waals surface area contributed by atoms with Crippen LogP contribution in [0.1, 0.15) is 15.9 Å². The zero-order valence-corrected chi connectivity index (χ0v) is 12.5. The summed E-state index contributed by atoms with van der Waals surface area (Å²) in [5.74, 6) is 1.46. The minimum atomic E-state index is -0.0125. The van der Waals surface area contributed by atoms with Gasteiger partial charge in [0.05, 0.1) is 14.2 Å². The molecule has 3 nitrogen and oxygen atoms in total. The zero-order chi connectivity index (χ0) is 15.5. The van der Waals surface area contributed by atoms with Gasteiger partial charge in [-0.2, -0.15) is 0 Å². The molecule has 0 heterocycles. The largest absolute Gasteiger partial charge is 0.497 e. The summed E-state index contributed by atoms with van der Waals surface area (Å²) in [6.07, 6.45) is 0. The van der Waals surface area contributed by atoms with Crippen LogP contribution in [0, 0.1) is 0 Å². The molecule has 0 aliphatic rings. The number of carbonyl (C=O) groups is 1. The zero-order valence-electron chi connectivity index (χ0n) is 12.5. The lowest BCUT2D eigenvalue weighted by molar-refractivity contribution is 0.104. The van der Waals surface area contributed by atoms with Crippen LogP contribution in [0.3, 0.4) is 0 Å². The van der Waals surface area contributed by atoms with E-state index < -0.39 is 0 Å². The first kappa shape index (κ1) is 14.1. The molecule has 3 rings (SSSR count). The van der Waals surface area contributed by atoms with Crippen molar-refractivity contribution in [3.05, 3.63) is 71.8 Å². The third-order valence-corrected chi connectivity index (χ3v) is 3.69. The smallest absolute Gasteiger partial charge is 0.193 e. The van der Waals surface area contributed by atoms with E-state index in [-0.39, 0.29) is 5.78 Å². The van der Waals surface area contributed by atoms with E-state index in [2.05, 4.69) is 0 Å². The van der Waals surface area contributed by atoms with Crippen molar-refractivity contribution in [2.24, 2.45) is 0 Å². The molecular weight excluding hydrogens is 276 g/mol. The van der Waals surface area contributed by atoms with E-state index in [9.17, 15) is 4.79 Å². The number of carbonyl (C=O) groups excluding carboxylic acids is 1. The van der Waals surface area contributed by atoms with E-state index in [0.717, 1.165) is 22.3 Å². The average molecular weight is 292 g/mol. The molecule has 0 atom stereocenters. The summed E-state index contributed by atoms with van der Waals surface area (Å²) in [6, 6.07) is 18.6. The predicted molar refractivity (Wildman–Crippen MR) is 86.9 cm³/mol. The summed E-state index contributed by atoms with van der Waals surface area (Å²) in [5.41, 5.74) is 1.30. The second-order valence-electron chi connectivity index (χ2n) is 4.95. The Morgan fingerprint density at radius 1 is 0.818 bits per heavy atom. The van der Waals surface area contributed by atoms with Crippen molar-refractivity contribution in [1.82, 2.24) is 0 Å². The third kappa shape index (κ3) is 2.53. The first-order valence-electron chi connectivity index (χ1n) is 6.98. The number of hydrogen-bond acceptors (Lipinski definition) is 3. The molecule has 0 spiro atoms. The summed E-state index contributed by atoms with van der Waals surface area (Å²) in [6.45, 7) is 0. The van der Waals surface area contributed by atoms with Crippen molar-refractivity contribution < 1.29 is 14.3 Å². The molecule has 110 valence electrons. The Kier molecular flexibility index (Phi) is 3.79. The SMILES string of the molecule is COc1ccc(C(=O)c2cccc3ccc(OC)cc23)cc1. The molecule has 0 bridgehead atoms. The number of ketones is 1. The number of benzene rings is 3. The van der Waals surface area contributed by atoms with Gasteiger partial charge in [-0.1, -0.05) is 24.3 Å². The standard InChI is InChI=1S/C19H16O3/c1-21-15-9-7-14(8-10-15)19(20)17-5-3-4-13-6-11-16(22-2)12-18(13)17/h3-12H,1-2H3. The van der Waals surface area contributed by atoms with Crippen LogP contribution in [-0.2, 0) is 0 Å². The van der Waals surface area contributed by atoms with Crippen molar-refractivity contribution >= 4 is 16.6 Å². The van der Waals surface area contributed by atoms with Gasteiger partial charge in [0.25, 0.3) is 0 Å². The molecule has 0 unspecified atom stereocenters. The van der Waals surface area contributed by atoms with E-state index in [1.165, 1.54) is 0 Å². The molecule has 0 saturated carbocycles. The highest BCUT2D eigenvalue weighted by atomic mass is 16.5. The fourth-order valence-corrected chi connectivity index (χ4v) is 2.47. The monoisotopic (exact) mass is 292 g/mol. The van der Waals surface area contributed by atoms with E-state index >= 15 is 0 Å². The molecule has 3 heteroatoms. The molecule has 0 aliphatic heterocycles. The van der Waals surface area contributed by atoms with E-state index in [0.29, 0.717) is 11.1 Å². The highest BCUT2D eigenvalue weighted by Gasteiger charge is 2.13. The normalized spacial score (nSPS) is 10.5. The van der Waals surface area contributed by atoms with Crippen LogP contribution < -0.4 is 9.47 Å². The quantitative estimate of drug-likeness (QED) is 0.679. The molecule has 0 fully saturated rings. The van der Waals surface area contributed by atoms with Crippen LogP contribution in [0.4, 0.5) is 0 Å². The molecule has 0 aliphatic carbocycles. The van der Waals surface area contributed by atoms with Gasteiger partial charge in [0.15, 0.2) is 5.78 Å². The number of fused-ring (bicyclic) bond motifs is 1. The molecular formula is C19H16O3. The maximum absolute atomic E-state index is 12.8. The third-order valence-electron chi connectivity index (χ3n) is 3.69. The van der Waals surface area contributed by atoms with Crippen molar-refractivity contribution in [3.63, 3.8) is 0 Å². The topological polar surface area (TPSA) is 35.5 Å². The Hall–Kier alpha value is -2.81.